The minimum atomic E-state index is 0.777. The second-order valence-electron chi connectivity index (χ2n) is 4.69. The maximum Gasteiger partial charge on any atom is 0.171 e. The molecule has 0 fully saturated rings. The van der Waals surface area contributed by atoms with Crippen LogP contribution in [0.5, 0.6) is 0 Å². The van der Waals surface area contributed by atoms with E-state index in [0.29, 0.717) is 0 Å². The van der Waals surface area contributed by atoms with Gasteiger partial charge in [-0.1, -0.05) is 6.92 Å². The molecular weight excluding hydrogens is 236 g/mol. The fourth-order valence-electron chi connectivity index (χ4n) is 1.91. The quantitative estimate of drug-likeness (QED) is 0.571. The average molecular weight is 258 g/mol. The first-order valence-corrected chi connectivity index (χ1v) is 6.82. The van der Waals surface area contributed by atoms with Gasteiger partial charge in [-0.25, -0.2) is 9.13 Å². The lowest BCUT2D eigenvalue weighted by Crippen LogP contribution is -2.35. The van der Waals surface area contributed by atoms with E-state index in [1.807, 2.05) is 11.6 Å². The molecule has 19 heavy (non-hydrogen) atoms. The van der Waals surface area contributed by atoms with Gasteiger partial charge in [-0.05, 0) is 17.5 Å². The van der Waals surface area contributed by atoms with Crippen LogP contribution in [0.3, 0.4) is 0 Å². The molecule has 0 aromatic carbocycles. The molecule has 3 nitrogen and oxygen atoms in total. The van der Waals surface area contributed by atoms with Crippen molar-refractivity contribution in [2.45, 2.75) is 19.9 Å². The van der Waals surface area contributed by atoms with E-state index in [4.69, 9.17) is 4.74 Å². The van der Waals surface area contributed by atoms with Crippen LogP contribution in [0.1, 0.15) is 13.3 Å². The highest BCUT2D eigenvalue weighted by Crippen LogP contribution is 2.15. The van der Waals surface area contributed by atoms with Crippen LogP contribution in [0.25, 0.3) is 11.1 Å². The zero-order valence-corrected chi connectivity index (χ0v) is 11.7. The molecule has 0 radical (unpaired) electrons. The van der Waals surface area contributed by atoms with Crippen molar-refractivity contribution in [2.75, 3.05) is 13.2 Å². The minimum absolute atomic E-state index is 0.777. The van der Waals surface area contributed by atoms with Crippen LogP contribution in [-0.2, 0) is 18.3 Å². The van der Waals surface area contributed by atoms with Crippen LogP contribution in [0.4, 0.5) is 0 Å². The number of aryl methyl sites for hydroxylation is 1. The first kappa shape index (κ1) is 13.7. The van der Waals surface area contributed by atoms with Crippen LogP contribution in [0.2, 0.25) is 0 Å². The van der Waals surface area contributed by atoms with Crippen LogP contribution in [-0.4, -0.2) is 13.2 Å². The second-order valence-corrected chi connectivity index (χ2v) is 4.69. The standard InChI is InChI=1S/C16H22N2O/c1-3-13-19-14-12-18-10-6-16(7-11-18)15-4-8-17(2)9-5-15/h4-11H,3,12-14H2,1-2H3/q+2. The van der Waals surface area contributed by atoms with Crippen molar-refractivity contribution in [3.63, 3.8) is 0 Å². The van der Waals surface area contributed by atoms with Crippen molar-refractivity contribution in [1.82, 2.24) is 0 Å². The Hall–Kier alpha value is -1.74. The molecule has 0 amide bonds. The lowest BCUT2D eigenvalue weighted by Gasteiger charge is -2.01. The predicted molar refractivity (Wildman–Crippen MR) is 74.4 cm³/mol. The number of pyridine rings is 2. The summed E-state index contributed by atoms with van der Waals surface area (Å²) in [5.74, 6) is 0. The van der Waals surface area contributed by atoms with E-state index < -0.39 is 0 Å². The Morgan fingerprint density at radius 1 is 0.895 bits per heavy atom. The fraction of sp³-hybridized carbons (Fsp3) is 0.375. The van der Waals surface area contributed by atoms with E-state index in [9.17, 15) is 0 Å². The first-order valence-electron chi connectivity index (χ1n) is 6.82. The van der Waals surface area contributed by atoms with E-state index >= 15 is 0 Å². The van der Waals surface area contributed by atoms with Gasteiger partial charge in [0.25, 0.3) is 0 Å². The molecule has 0 saturated heterocycles. The van der Waals surface area contributed by atoms with Crippen molar-refractivity contribution in [3.8, 4) is 11.1 Å². The SMILES string of the molecule is CCCOCC[n+]1ccc(-c2cc[n+](C)cc2)cc1. The maximum atomic E-state index is 5.49. The van der Waals surface area contributed by atoms with Gasteiger partial charge in [0.2, 0.25) is 0 Å². The zero-order chi connectivity index (χ0) is 13.5. The zero-order valence-electron chi connectivity index (χ0n) is 11.7. The van der Waals surface area contributed by atoms with E-state index in [-0.39, 0.29) is 0 Å². The van der Waals surface area contributed by atoms with Crippen LogP contribution >= 0.6 is 0 Å². The Bertz CT molecular complexity index is 491. The summed E-state index contributed by atoms with van der Waals surface area (Å²) in [5.41, 5.74) is 2.49. The highest BCUT2D eigenvalue weighted by Gasteiger charge is 2.04. The molecule has 0 spiro atoms. The summed E-state index contributed by atoms with van der Waals surface area (Å²) < 4.78 is 9.69. The van der Waals surface area contributed by atoms with Gasteiger partial charge in [-0.15, -0.1) is 0 Å². The molecule has 2 aromatic rings. The molecule has 0 saturated carbocycles. The molecule has 0 aliphatic heterocycles. The lowest BCUT2D eigenvalue weighted by atomic mass is 10.1. The summed E-state index contributed by atoms with van der Waals surface area (Å²) in [6, 6.07) is 8.55. The van der Waals surface area contributed by atoms with Gasteiger partial charge in [0.05, 0.1) is 0 Å². The topological polar surface area (TPSA) is 17.0 Å². The normalized spacial score (nSPS) is 10.6. The van der Waals surface area contributed by atoms with Gasteiger partial charge in [-0.2, -0.15) is 0 Å². The second kappa shape index (κ2) is 7.00. The number of hydrogen-bond acceptors (Lipinski definition) is 1. The molecular formula is C16H22N2O+2. The van der Waals surface area contributed by atoms with Crippen LogP contribution in [0.15, 0.2) is 49.1 Å². The molecule has 0 atom stereocenters. The summed E-state index contributed by atoms with van der Waals surface area (Å²) in [5, 5.41) is 0. The fourth-order valence-corrected chi connectivity index (χ4v) is 1.91. The molecule has 2 rings (SSSR count). The largest absolute Gasteiger partial charge is 0.375 e. The van der Waals surface area contributed by atoms with E-state index in [2.05, 4.69) is 60.5 Å². The summed E-state index contributed by atoms with van der Waals surface area (Å²) in [4.78, 5) is 0. The lowest BCUT2D eigenvalue weighted by molar-refractivity contribution is -0.698. The Morgan fingerprint density at radius 3 is 2.05 bits per heavy atom. The molecule has 0 aliphatic rings. The summed E-state index contributed by atoms with van der Waals surface area (Å²) >= 11 is 0. The Labute approximate surface area is 115 Å². The van der Waals surface area contributed by atoms with Crippen molar-refractivity contribution < 1.29 is 13.9 Å². The van der Waals surface area contributed by atoms with E-state index in [1.165, 1.54) is 11.1 Å². The van der Waals surface area contributed by atoms with Gasteiger partial charge < -0.3 is 4.74 Å². The van der Waals surface area contributed by atoms with Gasteiger partial charge in [0, 0.05) is 30.9 Å². The first-order chi connectivity index (χ1) is 9.29. The highest BCUT2D eigenvalue weighted by molar-refractivity contribution is 5.60. The van der Waals surface area contributed by atoms with Gasteiger partial charge in [0.15, 0.2) is 31.3 Å². The van der Waals surface area contributed by atoms with Gasteiger partial charge in [0.1, 0.15) is 13.7 Å². The molecule has 3 heteroatoms. The molecule has 0 N–H and O–H groups in total. The number of aromatic nitrogens is 2. The number of rotatable bonds is 6. The third-order valence-electron chi connectivity index (χ3n) is 3.05. The highest BCUT2D eigenvalue weighted by atomic mass is 16.5. The van der Waals surface area contributed by atoms with Crippen molar-refractivity contribution in [2.24, 2.45) is 7.05 Å². The van der Waals surface area contributed by atoms with Crippen molar-refractivity contribution in [1.29, 1.82) is 0 Å². The van der Waals surface area contributed by atoms with Gasteiger partial charge in [-0.3, -0.25) is 0 Å². The molecule has 0 bridgehead atoms. The average Bonchev–Trinajstić information content (AvgIpc) is 2.45. The summed E-state index contributed by atoms with van der Waals surface area (Å²) in [7, 11) is 2.03. The summed E-state index contributed by atoms with van der Waals surface area (Å²) in [6.07, 6.45) is 9.42. The number of ether oxygens (including phenoxy) is 1. The Kier molecular flexibility index (Phi) is 5.04. The van der Waals surface area contributed by atoms with E-state index in [1.54, 1.807) is 0 Å². The molecule has 100 valence electrons. The predicted octanol–water partition coefficient (Wildman–Crippen LogP) is 1.89. The van der Waals surface area contributed by atoms with Crippen molar-refractivity contribution >= 4 is 0 Å². The third-order valence-corrected chi connectivity index (χ3v) is 3.05. The van der Waals surface area contributed by atoms with Crippen molar-refractivity contribution in [3.05, 3.63) is 49.1 Å². The Morgan fingerprint density at radius 2 is 1.47 bits per heavy atom. The Balaban J connectivity index is 1.96. The molecule has 0 aliphatic carbocycles. The summed E-state index contributed by atoms with van der Waals surface area (Å²) in [6.45, 7) is 4.66. The molecule has 2 aromatic heterocycles. The number of nitrogens with zero attached hydrogens (tertiary/aromatic N) is 2. The minimum Gasteiger partial charge on any atom is -0.375 e. The van der Waals surface area contributed by atoms with Gasteiger partial charge >= 0.3 is 0 Å². The maximum absolute atomic E-state index is 5.49. The number of hydrogen-bond donors (Lipinski definition) is 0. The van der Waals surface area contributed by atoms with Crippen LogP contribution in [0, 0.1) is 0 Å². The smallest absolute Gasteiger partial charge is 0.171 e. The molecule has 2 heterocycles. The van der Waals surface area contributed by atoms with E-state index in [0.717, 1.165) is 26.2 Å². The third kappa shape index (κ3) is 4.14. The monoisotopic (exact) mass is 258 g/mol. The van der Waals surface area contributed by atoms with Crippen LogP contribution < -0.4 is 9.13 Å². The molecule has 0 unspecified atom stereocenters.